The van der Waals surface area contributed by atoms with Crippen LogP contribution in [0.4, 0.5) is 24.9 Å². The van der Waals surface area contributed by atoms with Crippen LogP contribution in [-0.2, 0) is 6.18 Å². The van der Waals surface area contributed by atoms with E-state index in [0.717, 1.165) is 18.9 Å². The number of aromatic nitrogens is 2. The molecule has 0 fully saturated rings. The third-order valence-corrected chi connectivity index (χ3v) is 3.39. The molecule has 0 unspecified atom stereocenters. The second-order valence-electron chi connectivity index (χ2n) is 5.41. The van der Waals surface area contributed by atoms with E-state index < -0.39 is 11.7 Å². The quantitative estimate of drug-likeness (QED) is 0.654. The van der Waals surface area contributed by atoms with E-state index in [2.05, 4.69) is 22.2 Å². The molecule has 0 aliphatic heterocycles. The number of nitrogens with two attached hydrogens (primary N) is 1. The molecule has 1 aromatic heterocycles. The summed E-state index contributed by atoms with van der Waals surface area (Å²) in [6.07, 6.45) is -1.10. The molecule has 2 rings (SSSR count). The van der Waals surface area contributed by atoms with Gasteiger partial charge >= 0.3 is 6.18 Å². The van der Waals surface area contributed by atoms with Crippen molar-refractivity contribution in [3.63, 3.8) is 0 Å². The predicted octanol–water partition coefficient (Wildman–Crippen LogP) is 3.75. The number of rotatable bonds is 9. The maximum absolute atomic E-state index is 12.9. The molecular weight excluding hydrogens is 349 g/mol. The van der Waals surface area contributed by atoms with Crippen molar-refractivity contribution < 1.29 is 22.6 Å². The summed E-state index contributed by atoms with van der Waals surface area (Å²) in [4.78, 5) is 7.93. The normalized spacial score (nSPS) is 11.2. The van der Waals surface area contributed by atoms with Crippen LogP contribution in [0, 0.1) is 0 Å². The van der Waals surface area contributed by atoms with E-state index >= 15 is 0 Å². The van der Waals surface area contributed by atoms with Crippen LogP contribution in [0.15, 0.2) is 30.5 Å². The lowest BCUT2D eigenvalue weighted by atomic mass is 10.2. The van der Waals surface area contributed by atoms with E-state index in [-0.39, 0.29) is 24.9 Å². The van der Waals surface area contributed by atoms with Gasteiger partial charge in [0.25, 0.3) is 0 Å². The van der Waals surface area contributed by atoms with Gasteiger partial charge in [-0.2, -0.15) is 18.2 Å². The zero-order valence-electron chi connectivity index (χ0n) is 14.3. The van der Waals surface area contributed by atoms with Crippen LogP contribution in [-0.4, -0.2) is 29.7 Å². The molecule has 3 N–H and O–H groups in total. The summed E-state index contributed by atoms with van der Waals surface area (Å²) in [7, 11) is 0. The van der Waals surface area contributed by atoms with E-state index in [4.69, 9.17) is 15.2 Å². The maximum Gasteiger partial charge on any atom is 0.419 e. The Bertz CT molecular complexity index is 711. The summed E-state index contributed by atoms with van der Waals surface area (Å²) in [5.41, 5.74) is 4.75. The number of ether oxygens (including phenoxy) is 2. The Balaban J connectivity index is 1.93. The van der Waals surface area contributed by atoms with Crippen molar-refractivity contribution in [1.29, 1.82) is 0 Å². The van der Waals surface area contributed by atoms with E-state index in [0.29, 0.717) is 18.1 Å². The fourth-order valence-electron chi connectivity index (χ4n) is 2.13. The number of para-hydroxylation sites is 1. The van der Waals surface area contributed by atoms with E-state index in [1.807, 2.05) is 0 Å². The molecule has 0 amide bonds. The molecule has 142 valence electrons. The summed E-state index contributed by atoms with van der Waals surface area (Å²) in [5, 5.41) is 3.10. The summed E-state index contributed by atoms with van der Waals surface area (Å²) in [6.45, 7) is 2.72. The van der Waals surface area contributed by atoms with Gasteiger partial charge in [0.05, 0.1) is 11.8 Å². The first-order valence-corrected chi connectivity index (χ1v) is 8.20. The number of alkyl halides is 3. The van der Waals surface area contributed by atoms with Crippen LogP contribution in [0.3, 0.4) is 0 Å². The Labute approximate surface area is 149 Å². The average Bonchev–Trinajstić information content (AvgIpc) is 2.60. The minimum atomic E-state index is -4.47. The number of hydrogen-bond acceptors (Lipinski definition) is 6. The SMILES string of the molecule is CCCCNc1nc(N)ncc1OCCOc1ccccc1C(F)(F)F. The van der Waals surface area contributed by atoms with Crippen LogP contribution in [0.5, 0.6) is 11.5 Å². The van der Waals surface area contributed by atoms with Crippen molar-refractivity contribution in [2.45, 2.75) is 25.9 Å². The van der Waals surface area contributed by atoms with Gasteiger partial charge in [-0.3, -0.25) is 0 Å². The zero-order chi connectivity index (χ0) is 19.0. The molecule has 26 heavy (non-hydrogen) atoms. The van der Waals surface area contributed by atoms with Crippen molar-refractivity contribution in [2.24, 2.45) is 0 Å². The second kappa shape index (κ2) is 9.12. The van der Waals surface area contributed by atoms with E-state index in [1.165, 1.54) is 24.4 Å². The first kappa shape index (κ1) is 19.6. The Morgan fingerprint density at radius 2 is 1.81 bits per heavy atom. The molecule has 1 heterocycles. The second-order valence-corrected chi connectivity index (χ2v) is 5.41. The first-order chi connectivity index (χ1) is 12.4. The molecule has 0 saturated heterocycles. The van der Waals surface area contributed by atoms with Gasteiger partial charge in [0.1, 0.15) is 19.0 Å². The Morgan fingerprint density at radius 3 is 2.50 bits per heavy atom. The van der Waals surface area contributed by atoms with Crippen molar-refractivity contribution >= 4 is 11.8 Å². The molecule has 0 atom stereocenters. The lowest BCUT2D eigenvalue weighted by Gasteiger charge is -2.15. The summed E-state index contributed by atoms with van der Waals surface area (Å²) in [6, 6.07) is 5.04. The first-order valence-electron chi connectivity index (χ1n) is 8.20. The Morgan fingerprint density at radius 1 is 1.12 bits per heavy atom. The molecule has 6 nitrogen and oxygen atoms in total. The number of hydrogen-bond donors (Lipinski definition) is 2. The van der Waals surface area contributed by atoms with Gasteiger partial charge in [0.15, 0.2) is 11.6 Å². The highest BCUT2D eigenvalue weighted by atomic mass is 19.4. The van der Waals surface area contributed by atoms with Gasteiger partial charge in [0.2, 0.25) is 5.95 Å². The zero-order valence-corrected chi connectivity index (χ0v) is 14.3. The van der Waals surface area contributed by atoms with E-state index in [9.17, 15) is 13.2 Å². The third kappa shape index (κ3) is 5.68. The standard InChI is InChI=1S/C17H21F3N4O2/c1-2-3-8-22-15-14(11-23-16(21)24-15)26-10-9-25-13-7-5-4-6-12(13)17(18,19)20/h4-7,11H,2-3,8-10H2,1H3,(H3,21,22,23,24). The van der Waals surface area contributed by atoms with Crippen molar-refractivity contribution in [3.05, 3.63) is 36.0 Å². The minimum Gasteiger partial charge on any atom is -0.489 e. The molecule has 0 saturated carbocycles. The van der Waals surface area contributed by atoms with Crippen molar-refractivity contribution in [1.82, 2.24) is 9.97 Å². The Kier molecular flexibility index (Phi) is 6.88. The summed E-state index contributed by atoms with van der Waals surface area (Å²) >= 11 is 0. The lowest BCUT2D eigenvalue weighted by molar-refractivity contribution is -0.139. The van der Waals surface area contributed by atoms with Gasteiger partial charge in [-0.25, -0.2) is 4.98 Å². The van der Waals surface area contributed by atoms with Crippen LogP contribution < -0.4 is 20.5 Å². The maximum atomic E-state index is 12.9. The number of nitrogens with one attached hydrogen (secondary N) is 1. The number of nitrogen functional groups attached to an aromatic ring is 1. The highest BCUT2D eigenvalue weighted by molar-refractivity contribution is 5.51. The molecule has 0 bridgehead atoms. The summed E-state index contributed by atoms with van der Waals surface area (Å²) in [5.74, 6) is 0.676. The highest BCUT2D eigenvalue weighted by Gasteiger charge is 2.33. The van der Waals surface area contributed by atoms with Crippen LogP contribution in [0.1, 0.15) is 25.3 Å². The van der Waals surface area contributed by atoms with Crippen molar-refractivity contribution in [3.8, 4) is 11.5 Å². The molecule has 0 spiro atoms. The molecular formula is C17H21F3N4O2. The molecule has 9 heteroatoms. The fraction of sp³-hybridized carbons (Fsp3) is 0.412. The predicted molar refractivity (Wildman–Crippen MR) is 92.3 cm³/mol. The lowest BCUT2D eigenvalue weighted by Crippen LogP contribution is -2.14. The third-order valence-electron chi connectivity index (χ3n) is 3.39. The molecule has 0 aliphatic rings. The number of nitrogens with zero attached hydrogens (tertiary/aromatic N) is 2. The van der Waals surface area contributed by atoms with Crippen LogP contribution in [0.2, 0.25) is 0 Å². The average molecular weight is 370 g/mol. The molecule has 2 aromatic rings. The van der Waals surface area contributed by atoms with Gasteiger partial charge in [-0.1, -0.05) is 25.5 Å². The van der Waals surface area contributed by atoms with Gasteiger partial charge in [0, 0.05) is 6.54 Å². The van der Waals surface area contributed by atoms with E-state index in [1.54, 1.807) is 0 Å². The monoisotopic (exact) mass is 370 g/mol. The summed E-state index contributed by atoms with van der Waals surface area (Å²) < 4.78 is 49.5. The van der Waals surface area contributed by atoms with Crippen molar-refractivity contribution in [2.75, 3.05) is 30.8 Å². The fourth-order valence-corrected chi connectivity index (χ4v) is 2.13. The van der Waals surface area contributed by atoms with Gasteiger partial charge in [-0.15, -0.1) is 0 Å². The van der Waals surface area contributed by atoms with Gasteiger partial charge < -0.3 is 20.5 Å². The highest BCUT2D eigenvalue weighted by Crippen LogP contribution is 2.35. The topological polar surface area (TPSA) is 82.3 Å². The molecule has 1 aromatic carbocycles. The largest absolute Gasteiger partial charge is 0.489 e. The number of unbranched alkanes of at least 4 members (excludes halogenated alkanes) is 1. The molecule has 0 radical (unpaired) electrons. The number of anilines is 2. The van der Waals surface area contributed by atoms with Crippen LogP contribution >= 0.6 is 0 Å². The van der Waals surface area contributed by atoms with Gasteiger partial charge in [-0.05, 0) is 18.6 Å². The molecule has 0 aliphatic carbocycles. The van der Waals surface area contributed by atoms with Crippen LogP contribution in [0.25, 0.3) is 0 Å². The Hall–Kier alpha value is -2.71. The number of benzene rings is 1. The minimum absolute atomic E-state index is 0.0297. The number of halogens is 3. The smallest absolute Gasteiger partial charge is 0.419 e.